The molecule has 42 heavy (non-hydrogen) atoms. The first-order valence-electron chi connectivity index (χ1n) is 14.1. The van der Waals surface area contributed by atoms with Gasteiger partial charge in [0.05, 0.1) is 29.5 Å². The van der Waals surface area contributed by atoms with Gasteiger partial charge in [0.15, 0.2) is 17.3 Å². The van der Waals surface area contributed by atoms with Crippen molar-refractivity contribution in [1.82, 2.24) is 38.7 Å². The van der Waals surface area contributed by atoms with Gasteiger partial charge in [0, 0.05) is 49.6 Å². The third-order valence-corrected chi connectivity index (χ3v) is 8.27. The Morgan fingerprint density at radius 3 is 2.98 bits per heavy atom. The van der Waals surface area contributed by atoms with E-state index in [9.17, 15) is 13.6 Å². The van der Waals surface area contributed by atoms with E-state index >= 15 is 0 Å². The predicted octanol–water partition coefficient (Wildman–Crippen LogP) is 5.32. The van der Waals surface area contributed by atoms with Crippen molar-refractivity contribution in [2.24, 2.45) is 5.92 Å². The van der Waals surface area contributed by atoms with Crippen LogP contribution in [-0.4, -0.2) is 59.0 Å². The second-order valence-corrected chi connectivity index (χ2v) is 11.9. The zero-order chi connectivity index (χ0) is 29.2. The number of aryl methyl sites for hydroxylation is 1. The first kappa shape index (κ1) is 28.2. The number of fused-ring (bicyclic) bond motifs is 1. The van der Waals surface area contributed by atoms with Crippen LogP contribution in [0.3, 0.4) is 0 Å². The van der Waals surface area contributed by atoms with Gasteiger partial charge in [0.25, 0.3) is 0 Å². The third kappa shape index (κ3) is 6.26. The Labute approximate surface area is 246 Å². The highest BCUT2D eigenvalue weighted by Crippen LogP contribution is 2.29. The molecule has 1 saturated heterocycles. The minimum Gasteiger partial charge on any atom is -0.350 e. The topological polar surface area (TPSA) is 105 Å². The van der Waals surface area contributed by atoms with Gasteiger partial charge < -0.3 is 10.6 Å². The Balaban J connectivity index is 1.13. The van der Waals surface area contributed by atoms with Crippen molar-refractivity contribution < 1.29 is 13.6 Å². The maximum atomic E-state index is 13.9. The molecule has 4 aromatic heterocycles. The highest BCUT2D eigenvalue weighted by atomic mass is 32.1. The lowest BCUT2D eigenvalue weighted by molar-refractivity contribution is -0.121. The van der Waals surface area contributed by atoms with Crippen LogP contribution in [0.5, 0.6) is 0 Å². The number of halogens is 2. The van der Waals surface area contributed by atoms with E-state index in [0.29, 0.717) is 17.9 Å². The zero-order valence-corrected chi connectivity index (χ0v) is 24.4. The molecule has 1 aliphatic carbocycles. The van der Waals surface area contributed by atoms with E-state index in [2.05, 4.69) is 43.0 Å². The monoisotopic (exact) mass is 593 g/mol. The Morgan fingerprint density at radius 2 is 2.12 bits per heavy atom. The Kier molecular flexibility index (Phi) is 8.11. The quantitative estimate of drug-likeness (QED) is 0.271. The molecule has 1 unspecified atom stereocenters. The maximum absolute atomic E-state index is 13.9. The fourth-order valence-corrected chi connectivity index (χ4v) is 6.16. The number of piperidine rings is 1. The van der Waals surface area contributed by atoms with E-state index in [1.54, 1.807) is 24.7 Å². The number of imidazole rings is 1. The number of rotatable bonds is 9. The molecule has 6 rings (SSSR count). The van der Waals surface area contributed by atoms with Crippen LogP contribution in [0.2, 0.25) is 0 Å². The predicted molar refractivity (Wildman–Crippen MR) is 158 cm³/mol. The van der Waals surface area contributed by atoms with Crippen LogP contribution in [-0.2, 0) is 17.9 Å². The molecule has 10 nitrogen and oxygen atoms in total. The lowest BCUT2D eigenvalue weighted by Crippen LogP contribution is -2.33. The van der Waals surface area contributed by atoms with Gasteiger partial charge in [-0.25, -0.2) is 18.7 Å². The molecule has 2 N–H and O–H groups in total. The van der Waals surface area contributed by atoms with Crippen LogP contribution >= 0.6 is 11.5 Å². The van der Waals surface area contributed by atoms with Gasteiger partial charge in [-0.2, -0.15) is 9.47 Å². The van der Waals surface area contributed by atoms with Crippen LogP contribution < -0.4 is 10.6 Å². The summed E-state index contributed by atoms with van der Waals surface area (Å²) in [4.78, 5) is 24.3. The molecule has 0 radical (unpaired) electrons. The number of hydrogen-bond donors (Lipinski definition) is 2. The molecular weight excluding hydrogens is 560 g/mol. The average Bonchev–Trinajstić information content (AvgIpc) is 3.70. The lowest BCUT2D eigenvalue weighted by Gasteiger charge is -2.30. The zero-order valence-electron chi connectivity index (χ0n) is 23.6. The smallest absolute Gasteiger partial charge is 0.241 e. The highest BCUT2D eigenvalue weighted by Gasteiger charge is 2.20. The van der Waals surface area contributed by atoms with E-state index in [1.807, 2.05) is 17.5 Å². The van der Waals surface area contributed by atoms with E-state index in [4.69, 9.17) is 4.98 Å². The Hall–Kier alpha value is -3.97. The number of nitrogens with one attached hydrogen (secondary N) is 2. The third-order valence-electron chi connectivity index (χ3n) is 7.53. The van der Waals surface area contributed by atoms with E-state index < -0.39 is 11.7 Å². The van der Waals surface area contributed by atoms with E-state index in [0.717, 1.165) is 53.2 Å². The van der Waals surface area contributed by atoms with E-state index in [1.165, 1.54) is 29.1 Å². The SMILES string of the molecule is Cc1cn2c(-c3cnn(CC(=O)NCC4=CCCC(F)=C4F)c3)cnc2c(Nc2cc(CN3CCCC(C)C3)ns2)n1. The van der Waals surface area contributed by atoms with Gasteiger partial charge >= 0.3 is 0 Å². The molecular formula is C29H33F2N9OS. The van der Waals surface area contributed by atoms with Crippen molar-refractivity contribution in [1.29, 1.82) is 0 Å². The molecule has 4 aromatic rings. The lowest BCUT2D eigenvalue weighted by atomic mass is 10.0. The summed E-state index contributed by atoms with van der Waals surface area (Å²) in [6, 6.07) is 2.08. The van der Waals surface area contributed by atoms with Crippen LogP contribution in [0.15, 0.2) is 54.2 Å². The molecule has 13 heteroatoms. The van der Waals surface area contributed by atoms with Crippen LogP contribution in [0.4, 0.5) is 19.6 Å². The first-order chi connectivity index (χ1) is 20.3. The van der Waals surface area contributed by atoms with Gasteiger partial charge in [-0.05, 0) is 56.2 Å². The molecule has 1 fully saturated rings. The van der Waals surface area contributed by atoms with Crippen molar-refractivity contribution in [3.8, 4) is 11.3 Å². The Morgan fingerprint density at radius 1 is 1.24 bits per heavy atom. The highest BCUT2D eigenvalue weighted by molar-refractivity contribution is 7.10. The molecule has 1 aliphatic heterocycles. The number of aromatic nitrogens is 6. The van der Waals surface area contributed by atoms with Gasteiger partial charge in [-0.15, -0.1) is 0 Å². The van der Waals surface area contributed by atoms with Gasteiger partial charge in [-0.1, -0.05) is 13.0 Å². The average molecular weight is 594 g/mol. The van der Waals surface area contributed by atoms with Crippen molar-refractivity contribution >= 4 is 33.9 Å². The Bertz CT molecular complexity index is 1670. The molecule has 0 spiro atoms. The number of amides is 1. The fraction of sp³-hybridized carbons (Fsp3) is 0.414. The molecule has 220 valence electrons. The van der Waals surface area contributed by atoms with Crippen LogP contribution in [0.1, 0.15) is 44.0 Å². The maximum Gasteiger partial charge on any atom is 0.241 e. The summed E-state index contributed by atoms with van der Waals surface area (Å²) in [5, 5.41) is 11.3. The minimum atomic E-state index is -0.878. The second-order valence-electron chi connectivity index (χ2n) is 11.0. The van der Waals surface area contributed by atoms with Crippen molar-refractivity contribution in [3.05, 3.63) is 65.5 Å². The van der Waals surface area contributed by atoms with Crippen molar-refractivity contribution in [3.63, 3.8) is 0 Å². The number of carbonyl (C=O) groups is 1. The first-order valence-corrected chi connectivity index (χ1v) is 14.9. The second kappa shape index (κ2) is 12.1. The normalized spacial score (nSPS) is 18.0. The summed E-state index contributed by atoms with van der Waals surface area (Å²) >= 11 is 1.41. The fourth-order valence-electron chi connectivity index (χ4n) is 5.50. The van der Waals surface area contributed by atoms with Gasteiger partial charge in [-0.3, -0.25) is 18.8 Å². The van der Waals surface area contributed by atoms with Crippen LogP contribution in [0, 0.1) is 12.8 Å². The molecule has 5 heterocycles. The number of carbonyl (C=O) groups excluding carboxylic acids is 1. The van der Waals surface area contributed by atoms with Gasteiger partial charge in [0.1, 0.15) is 17.4 Å². The molecule has 0 aromatic carbocycles. The molecule has 1 atom stereocenters. The molecule has 2 aliphatic rings. The number of nitrogens with zero attached hydrogens (tertiary/aromatic N) is 7. The molecule has 0 bridgehead atoms. The summed E-state index contributed by atoms with van der Waals surface area (Å²) in [6.07, 6.45) is 11.7. The van der Waals surface area contributed by atoms with Gasteiger partial charge in [0.2, 0.25) is 5.91 Å². The largest absolute Gasteiger partial charge is 0.350 e. The number of likely N-dealkylation sites (tertiary alicyclic amines) is 1. The van der Waals surface area contributed by atoms with Crippen molar-refractivity contribution in [2.45, 2.75) is 52.6 Å². The summed E-state index contributed by atoms with van der Waals surface area (Å²) in [5.41, 5.74) is 4.24. The minimum absolute atomic E-state index is 0.0558. The summed E-state index contributed by atoms with van der Waals surface area (Å²) in [6.45, 7) is 7.16. The van der Waals surface area contributed by atoms with E-state index in [-0.39, 0.29) is 31.0 Å². The summed E-state index contributed by atoms with van der Waals surface area (Å²) in [5.74, 6) is -0.650. The number of anilines is 2. The molecule has 0 saturated carbocycles. The molecule has 1 amide bonds. The summed E-state index contributed by atoms with van der Waals surface area (Å²) in [7, 11) is 0. The summed E-state index contributed by atoms with van der Waals surface area (Å²) < 4.78 is 35.6. The van der Waals surface area contributed by atoms with Crippen molar-refractivity contribution in [2.75, 3.05) is 25.0 Å². The standard InChI is InChI=1S/C29H33F2N9OS/c1-18-5-4-8-38(13-18)16-22-9-26(42-37-22)36-28-29-33-12-24(40(29)14-19(2)35-28)21-11-34-39(15-21)17-25(41)32-10-20-6-3-7-23(30)27(20)31/h6,9,11-12,14-15,18H,3-5,7-8,10,13,16-17H2,1-2H3,(H,32,41)(H,35,36). The number of allylic oxidation sites excluding steroid dienone is 2. The number of hydrogen-bond acceptors (Lipinski definition) is 8. The van der Waals surface area contributed by atoms with Crippen LogP contribution in [0.25, 0.3) is 16.9 Å².